The molecule has 4 nitrogen and oxygen atoms in total. The Kier molecular flexibility index (Phi) is 3.19. The highest BCUT2D eigenvalue weighted by Crippen LogP contribution is 2.29. The summed E-state index contributed by atoms with van der Waals surface area (Å²) in [5, 5.41) is 3.75. The summed E-state index contributed by atoms with van der Waals surface area (Å²) < 4.78 is 0. The molecule has 88 valence electrons. The fourth-order valence-corrected chi connectivity index (χ4v) is 2.11. The number of benzene rings is 1. The molecule has 2 aromatic rings. The standard InChI is InChI=1S/C12H13N3OS/c1-7(16)14-10-6-9(17-2)5-8-3-4-11(13)15-12(8)10/h3-6H,1-2H3,(H2,13,15)(H,14,16). The molecule has 3 N–H and O–H groups in total. The zero-order valence-electron chi connectivity index (χ0n) is 9.65. The van der Waals surface area contributed by atoms with Gasteiger partial charge in [-0.05, 0) is 30.5 Å². The Hall–Kier alpha value is -1.75. The summed E-state index contributed by atoms with van der Waals surface area (Å²) in [5.41, 5.74) is 7.09. The van der Waals surface area contributed by atoms with Crippen molar-refractivity contribution in [2.75, 3.05) is 17.3 Å². The molecule has 0 radical (unpaired) electrons. The van der Waals surface area contributed by atoms with Crippen LogP contribution in [-0.4, -0.2) is 17.1 Å². The van der Waals surface area contributed by atoms with Crippen LogP contribution in [0.3, 0.4) is 0 Å². The van der Waals surface area contributed by atoms with Gasteiger partial charge in [0.25, 0.3) is 0 Å². The lowest BCUT2D eigenvalue weighted by Gasteiger charge is -2.09. The van der Waals surface area contributed by atoms with E-state index < -0.39 is 0 Å². The second-order valence-electron chi connectivity index (χ2n) is 3.66. The number of pyridine rings is 1. The van der Waals surface area contributed by atoms with Crippen LogP contribution in [0.2, 0.25) is 0 Å². The Balaban J connectivity index is 2.67. The first-order valence-electron chi connectivity index (χ1n) is 5.12. The Morgan fingerprint density at radius 2 is 2.18 bits per heavy atom. The van der Waals surface area contributed by atoms with Crippen LogP contribution in [0.15, 0.2) is 29.2 Å². The molecular formula is C12H13N3OS. The van der Waals surface area contributed by atoms with Crippen molar-refractivity contribution in [1.29, 1.82) is 0 Å². The zero-order chi connectivity index (χ0) is 12.4. The number of aromatic nitrogens is 1. The Morgan fingerprint density at radius 1 is 1.41 bits per heavy atom. The largest absolute Gasteiger partial charge is 0.384 e. The number of anilines is 2. The summed E-state index contributed by atoms with van der Waals surface area (Å²) in [6.07, 6.45) is 1.99. The maximum absolute atomic E-state index is 11.2. The molecule has 1 heterocycles. The average Bonchev–Trinajstić information content (AvgIpc) is 2.28. The van der Waals surface area contributed by atoms with Gasteiger partial charge in [-0.1, -0.05) is 0 Å². The molecule has 0 unspecified atom stereocenters. The lowest BCUT2D eigenvalue weighted by molar-refractivity contribution is -0.114. The summed E-state index contributed by atoms with van der Waals surface area (Å²) in [6, 6.07) is 7.59. The van der Waals surface area contributed by atoms with Gasteiger partial charge in [0, 0.05) is 17.2 Å². The van der Waals surface area contributed by atoms with Gasteiger partial charge in [0.1, 0.15) is 5.82 Å². The summed E-state index contributed by atoms with van der Waals surface area (Å²) in [4.78, 5) is 16.5. The molecule has 1 aromatic heterocycles. The van der Waals surface area contributed by atoms with Crippen LogP contribution in [0.4, 0.5) is 11.5 Å². The van der Waals surface area contributed by atoms with Crippen LogP contribution < -0.4 is 11.1 Å². The molecule has 0 saturated carbocycles. The van der Waals surface area contributed by atoms with Gasteiger partial charge in [-0.15, -0.1) is 11.8 Å². The van der Waals surface area contributed by atoms with E-state index >= 15 is 0 Å². The number of rotatable bonds is 2. The molecule has 0 atom stereocenters. The van der Waals surface area contributed by atoms with E-state index in [0.717, 1.165) is 15.8 Å². The van der Waals surface area contributed by atoms with E-state index in [1.165, 1.54) is 6.92 Å². The Bertz CT molecular complexity index is 583. The number of hydrogen-bond donors (Lipinski definition) is 2. The topological polar surface area (TPSA) is 68.0 Å². The first-order valence-corrected chi connectivity index (χ1v) is 6.34. The predicted molar refractivity (Wildman–Crippen MR) is 72.2 cm³/mol. The fraction of sp³-hybridized carbons (Fsp3) is 0.167. The molecule has 0 aliphatic rings. The van der Waals surface area contributed by atoms with Crippen LogP contribution >= 0.6 is 11.8 Å². The van der Waals surface area contributed by atoms with E-state index in [9.17, 15) is 4.79 Å². The molecule has 0 fully saturated rings. The van der Waals surface area contributed by atoms with Gasteiger partial charge in [-0.2, -0.15) is 0 Å². The summed E-state index contributed by atoms with van der Waals surface area (Å²) in [5.74, 6) is 0.329. The monoisotopic (exact) mass is 247 g/mol. The quantitative estimate of drug-likeness (QED) is 0.800. The van der Waals surface area contributed by atoms with Crippen molar-refractivity contribution in [2.45, 2.75) is 11.8 Å². The van der Waals surface area contributed by atoms with Crippen molar-refractivity contribution in [3.05, 3.63) is 24.3 Å². The lowest BCUT2D eigenvalue weighted by Crippen LogP contribution is -2.07. The van der Waals surface area contributed by atoms with Crippen molar-refractivity contribution in [3.8, 4) is 0 Å². The van der Waals surface area contributed by atoms with E-state index in [2.05, 4.69) is 10.3 Å². The number of nitrogens with zero attached hydrogens (tertiary/aromatic N) is 1. The van der Waals surface area contributed by atoms with Crippen LogP contribution in [0.5, 0.6) is 0 Å². The third-order valence-electron chi connectivity index (χ3n) is 2.33. The molecule has 0 saturated heterocycles. The fourth-order valence-electron chi connectivity index (χ4n) is 1.63. The second kappa shape index (κ2) is 4.63. The summed E-state index contributed by atoms with van der Waals surface area (Å²) in [7, 11) is 0. The smallest absolute Gasteiger partial charge is 0.221 e. The highest BCUT2D eigenvalue weighted by atomic mass is 32.2. The first-order chi connectivity index (χ1) is 8.10. The maximum atomic E-state index is 11.2. The molecule has 2 rings (SSSR count). The minimum Gasteiger partial charge on any atom is -0.384 e. The number of amides is 1. The Morgan fingerprint density at radius 3 is 2.82 bits per heavy atom. The average molecular weight is 247 g/mol. The number of thioether (sulfide) groups is 1. The van der Waals surface area contributed by atoms with Crippen LogP contribution in [0, 0.1) is 0 Å². The van der Waals surface area contributed by atoms with Crippen LogP contribution in [0.25, 0.3) is 10.9 Å². The van der Waals surface area contributed by atoms with E-state index in [4.69, 9.17) is 5.73 Å². The highest BCUT2D eigenvalue weighted by molar-refractivity contribution is 7.98. The number of carbonyl (C=O) groups excluding carboxylic acids is 1. The lowest BCUT2D eigenvalue weighted by atomic mass is 10.2. The molecule has 0 spiro atoms. The van der Waals surface area contributed by atoms with E-state index in [1.54, 1.807) is 17.8 Å². The molecule has 1 amide bonds. The molecule has 5 heteroatoms. The van der Waals surface area contributed by atoms with Crippen molar-refractivity contribution in [2.24, 2.45) is 0 Å². The molecule has 17 heavy (non-hydrogen) atoms. The molecule has 0 aliphatic heterocycles. The van der Waals surface area contributed by atoms with Gasteiger partial charge in [0.15, 0.2) is 0 Å². The summed E-state index contributed by atoms with van der Waals surface area (Å²) >= 11 is 1.62. The molecule has 1 aromatic carbocycles. The number of carbonyl (C=O) groups is 1. The molecule has 0 aliphatic carbocycles. The van der Waals surface area contributed by atoms with Gasteiger partial charge in [-0.3, -0.25) is 4.79 Å². The second-order valence-corrected chi connectivity index (χ2v) is 4.54. The maximum Gasteiger partial charge on any atom is 0.221 e. The van der Waals surface area contributed by atoms with Gasteiger partial charge >= 0.3 is 0 Å². The minimum absolute atomic E-state index is 0.117. The zero-order valence-corrected chi connectivity index (χ0v) is 10.5. The van der Waals surface area contributed by atoms with E-state index in [-0.39, 0.29) is 5.91 Å². The number of fused-ring (bicyclic) bond motifs is 1. The van der Waals surface area contributed by atoms with Crippen molar-refractivity contribution < 1.29 is 4.79 Å². The minimum atomic E-state index is -0.117. The third-order valence-corrected chi connectivity index (χ3v) is 3.04. The van der Waals surface area contributed by atoms with Crippen molar-refractivity contribution >= 4 is 40.1 Å². The van der Waals surface area contributed by atoms with E-state index in [1.807, 2.05) is 24.5 Å². The molecular weight excluding hydrogens is 234 g/mol. The summed E-state index contributed by atoms with van der Waals surface area (Å²) in [6.45, 7) is 1.48. The number of nitrogen functional groups attached to an aromatic ring is 1. The number of nitrogens with two attached hydrogens (primary N) is 1. The van der Waals surface area contributed by atoms with Crippen molar-refractivity contribution in [3.63, 3.8) is 0 Å². The predicted octanol–water partition coefficient (Wildman–Crippen LogP) is 2.50. The van der Waals surface area contributed by atoms with Crippen LogP contribution in [-0.2, 0) is 4.79 Å². The van der Waals surface area contributed by atoms with Crippen LogP contribution in [0.1, 0.15) is 6.92 Å². The Labute approximate surface area is 104 Å². The first kappa shape index (κ1) is 11.7. The molecule has 0 bridgehead atoms. The highest BCUT2D eigenvalue weighted by Gasteiger charge is 2.07. The van der Waals surface area contributed by atoms with E-state index in [0.29, 0.717) is 11.5 Å². The van der Waals surface area contributed by atoms with Gasteiger partial charge in [0.05, 0.1) is 11.2 Å². The van der Waals surface area contributed by atoms with Crippen molar-refractivity contribution in [1.82, 2.24) is 4.98 Å². The third kappa shape index (κ3) is 2.50. The number of nitrogens with one attached hydrogen (secondary N) is 1. The number of hydrogen-bond acceptors (Lipinski definition) is 4. The normalized spacial score (nSPS) is 10.5. The van der Waals surface area contributed by atoms with Gasteiger partial charge in [0.2, 0.25) is 5.91 Å². The van der Waals surface area contributed by atoms with Gasteiger partial charge < -0.3 is 11.1 Å². The van der Waals surface area contributed by atoms with Gasteiger partial charge in [-0.25, -0.2) is 4.98 Å². The SMILES string of the molecule is CSc1cc(NC(C)=O)c2nc(N)ccc2c1.